The number of carbonyl (C=O) groups is 1. The Bertz CT molecular complexity index is 1180. The summed E-state index contributed by atoms with van der Waals surface area (Å²) in [7, 11) is -2.05. The van der Waals surface area contributed by atoms with Gasteiger partial charge in [0.05, 0.1) is 6.33 Å². The van der Waals surface area contributed by atoms with E-state index in [1.807, 2.05) is 4.90 Å². The summed E-state index contributed by atoms with van der Waals surface area (Å²) in [5.74, 6) is 0.795. The lowest BCUT2D eigenvalue weighted by molar-refractivity contribution is 0.0748. The number of carbonyl (C=O) groups excluding carboxylic acids is 1. The second-order valence-electron chi connectivity index (χ2n) is 9.88. The predicted molar refractivity (Wildman–Crippen MR) is 133 cm³/mol. The van der Waals surface area contributed by atoms with Gasteiger partial charge in [0.2, 0.25) is 15.3 Å². The summed E-state index contributed by atoms with van der Waals surface area (Å²) < 4.78 is 34.7. The highest BCUT2D eigenvalue weighted by Gasteiger charge is 2.39. The number of likely N-dealkylation sites (tertiary alicyclic amines) is 1. The number of sulfone groups is 1. The van der Waals surface area contributed by atoms with E-state index in [0.717, 1.165) is 45.3 Å². The van der Waals surface area contributed by atoms with Gasteiger partial charge in [0.25, 0.3) is 5.91 Å². The number of rotatable bonds is 6. The minimum Gasteiger partial charge on any atom is -0.474 e. The summed E-state index contributed by atoms with van der Waals surface area (Å²) >= 11 is 0. The number of piperidine rings is 2. The zero-order chi connectivity index (χ0) is 24.4. The van der Waals surface area contributed by atoms with Gasteiger partial charge >= 0.3 is 0 Å². The Morgan fingerprint density at radius 2 is 1.86 bits per heavy atom. The number of benzene rings is 1. The summed E-state index contributed by atoms with van der Waals surface area (Å²) in [4.78, 5) is 19.3. The molecule has 1 aromatic heterocycles. The van der Waals surface area contributed by atoms with Crippen molar-refractivity contribution in [3.05, 3.63) is 54.1 Å². The van der Waals surface area contributed by atoms with Gasteiger partial charge in [0, 0.05) is 37.0 Å². The molecule has 2 aromatic rings. The van der Waals surface area contributed by atoms with E-state index in [9.17, 15) is 13.2 Å². The predicted octanol–water partition coefficient (Wildman–Crippen LogP) is 3.52. The molecule has 0 radical (unpaired) electrons. The highest BCUT2D eigenvalue weighted by Crippen LogP contribution is 2.36. The highest BCUT2D eigenvalue weighted by molar-refractivity contribution is 7.91. The van der Waals surface area contributed by atoms with E-state index in [1.54, 1.807) is 35.9 Å². The first-order valence-corrected chi connectivity index (χ1v) is 14.2. The van der Waals surface area contributed by atoms with Crippen LogP contribution in [-0.2, 0) is 16.9 Å². The number of imidazole rings is 1. The molecule has 188 valence electrons. The van der Waals surface area contributed by atoms with Crippen LogP contribution in [0.4, 0.5) is 0 Å². The van der Waals surface area contributed by atoms with Gasteiger partial charge in [0.1, 0.15) is 5.75 Å². The number of fused-ring (bicyclic) bond motifs is 1. The Labute approximate surface area is 207 Å². The fourth-order valence-corrected chi connectivity index (χ4v) is 7.31. The second-order valence-corrected chi connectivity index (χ2v) is 11.8. The summed E-state index contributed by atoms with van der Waals surface area (Å²) in [6.45, 7) is 2.25. The topological polar surface area (TPSA) is 93.5 Å². The third kappa shape index (κ3) is 5.02. The Morgan fingerprint density at radius 3 is 2.57 bits per heavy atom. The van der Waals surface area contributed by atoms with E-state index < -0.39 is 15.3 Å². The van der Waals surface area contributed by atoms with Gasteiger partial charge in [-0.15, -0.1) is 0 Å². The molecule has 8 nitrogen and oxygen atoms in total. The van der Waals surface area contributed by atoms with Crippen molar-refractivity contribution in [2.24, 2.45) is 18.9 Å². The molecule has 5 rings (SSSR count). The number of hydrogen-bond acceptors (Lipinski definition) is 6. The van der Waals surface area contributed by atoms with Crippen LogP contribution in [0.2, 0.25) is 0 Å². The lowest BCUT2D eigenvalue weighted by atomic mass is 9.84. The third-order valence-corrected chi connectivity index (χ3v) is 9.31. The summed E-state index contributed by atoms with van der Waals surface area (Å²) in [6, 6.07) is 6.92. The van der Waals surface area contributed by atoms with Crippen LogP contribution in [0, 0.1) is 11.8 Å². The number of amides is 1. The molecular formula is C26H34N4O4S. The van der Waals surface area contributed by atoms with E-state index in [4.69, 9.17) is 4.74 Å². The lowest BCUT2D eigenvalue weighted by Crippen LogP contribution is -2.41. The van der Waals surface area contributed by atoms with Gasteiger partial charge in [-0.05, 0) is 88.2 Å². The zero-order valence-electron chi connectivity index (χ0n) is 20.2. The van der Waals surface area contributed by atoms with Crippen molar-refractivity contribution in [3.8, 4) is 5.75 Å². The maximum absolute atomic E-state index is 13.5. The van der Waals surface area contributed by atoms with Gasteiger partial charge in [-0.25, -0.2) is 13.4 Å². The van der Waals surface area contributed by atoms with Crippen LogP contribution in [-0.4, -0.2) is 53.8 Å². The summed E-state index contributed by atoms with van der Waals surface area (Å²) in [5, 5.41) is 3.31. The van der Waals surface area contributed by atoms with Gasteiger partial charge in [0.15, 0.2) is 5.03 Å². The molecule has 2 fully saturated rings. The van der Waals surface area contributed by atoms with E-state index in [-0.39, 0.29) is 16.9 Å². The molecule has 2 unspecified atom stereocenters. The molecule has 1 N–H and O–H groups in total. The molecular weight excluding hydrogens is 464 g/mol. The fourth-order valence-electron chi connectivity index (χ4n) is 5.55. The Kier molecular flexibility index (Phi) is 6.98. The van der Waals surface area contributed by atoms with Crippen LogP contribution in [0.25, 0.3) is 0 Å². The number of hydrogen-bond donors (Lipinski definition) is 1. The van der Waals surface area contributed by atoms with Crippen LogP contribution in [0.1, 0.15) is 55.3 Å². The molecule has 2 saturated heterocycles. The van der Waals surface area contributed by atoms with Gasteiger partial charge in [-0.3, -0.25) is 4.79 Å². The monoisotopic (exact) mass is 498 g/mol. The molecule has 1 amide bonds. The molecule has 0 bridgehead atoms. The SMILES string of the molecule is Cn1cnc(S(=O)(=O)C(Oc2ccc(C(=O)N3CCCC4CCCC=C43)cc2)C2CCNCC2)c1. The molecule has 3 heterocycles. The van der Waals surface area contributed by atoms with E-state index in [1.165, 1.54) is 24.6 Å². The summed E-state index contributed by atoms with van der Waals surface area (Å²) in [6.07, 6.45) is 12.2. The van der Waals surface area contributed by atoms with Crippen molar-refractivity contribution in [1.82, 2.24) is 19.8 Å². The van der Waals surface area contributed by atoms with Gasteiger partial charge in [-0.1, -0.05) is 6.08 Å². The Balaban J connectivity index is 1.36. The Hall–Kier alpha value is -2.65. The molecule has 35 heavy (non-hydrogen) atoms. The molecule has 2 aliphatic heterocycles. The lowest BCUT2D eigenvalue weighted by Gasteiger charge is -2.38. The average Bonchev–Trinajstić information content (AvgIpc) is 3.34. The molecule has 1 aliphatic carbocycles. The van der Waals surface area contributed by atoms with Crippen molar-refractivity contribution in [2.45, 2.75) is 55.4 Å². The number of ether oxygens (including phenoxy) is 1. The first kappa shape index (κ1) is 24.1. The maximum atomic E-state index is 13.5. The van der Waals surface area contributed by atoms with Crippen LogP contribution in [0.15, 0.2) is 53.6 Å². The molecule has 0 saturated carbocycles. The highest BCUT2D eigenvalue weighted by atomic mass is 32.2. The molecule has 0 spiro atoms. The zero-order valence-corrected chi connectivity index (χ0v) is 21.0. The normalized spacial score (nSPS) is 22.3. The van der Waals surface area contributed by atoms with E-state index in [0.29, 0.717) is 30.1 Å². The van der Waals surface area contributed by atoms with Crippen LogP contribution >= 0.6 is 0 Å². The molecule has 2 atom stereocenters. The first-order chi connectivity index (χ1) is 16.9. The molecule has 3 aliphatic rings. The molecule has 9 heteroatoms. The Morgan fingerprint density at radius 1 is 1.11 bits per heavy atom. The summed E-state index contributed by atoms with van der Waals surface area (Å²) in [5.41, 5.74) is 0.743. The number of aromatic nitrogens is 2. The average molecular weight is 499 g/mol. The number of nitrogens with zero attached hydrogens (tertiary/aromatic N) is 3. The van der Waals surface area contributed by atoms with E-state index >= 15 is 0 Å². The standard InChI is InChI=1S/C26H34N4O4S/c1-29-17-24(28-18-29)35(32,33)26(21-12-14-27-15-13-21)34-22-10-8-20(9-11-22)25(31)30-16-4-6-19-5-2-3-7-23(19)30/h7-11,17-19,21,26-27H,2-6,12-16H2,1H3. The van der Waals surface area contributed by atoms with Crippen molar-refractivity contribution < 1.29 is 17.9 Å². The quantitative estimate of drug-likeness (QED) is 0.655. The number of allylic oxidation sites excluding steroid dienone is 2. The van der Waals surface area contributed by atoms with Crippen molar-refractivity contribution in [2.75, 3.05) is 19.6 Å². The second kappa shape index (κ2) is 10.1. The minimum atomic E-state index is -3.80. The van der Waals surface area contributed by atoms with Crippen molar-refractivity contribution in [3.63, 3.8) is 0 Å². The van der Waals surface area contributed by atoms with Crippen molar-refractivity contribution in [1.29, 1.82) is 0 Å². The third-order valence-electron chi connectivity index (χ3n) is 7.42. The largest absolute Gasteiger partial charge is 0.474 e. The smallest absolute Gasteiger partial charge is 0.258 e. The first-order valence-electron chi connectivity index (χ1n) is 12.6. The minimum absolute atomic E-state index is 0.00501. The van der Waals surface area contributed by atoms with Gasteiger partial charge < -0.3 is 19.5 Å². The van der Waals surface area contributed by atoms with Crippen LogP contribution < -0.4 is 10.1 Å². The number of nitrogens with one attached hydrogen (secondary N) is 1. The molecule has 1 aromatic carbocycles. The van der Waals surface area contributed by atoms with Gasteiger partial charge in [-0.2, -0.15) is 0 Å². The maximum Gasteiger partial charge on any atom is 0.258 e. The van der Waals surface area contributed by atoms with Crippen molar-refractivity contribution >= 4 is 15.7 Å². The fraction of sp³-hybridized carbons (Fsp3) is 0.538. The van der Waals surface area contributed by atoms with Crippen LogP contribution in [0.5, 0.6) is 5.75 Å². The number of aryl methyl sites for hydroxylation is 1. The van der Waals surface area contributed by atoms with E-state index in [2.05, 4.69) is 16.4 Å². The van der Waals surface area contributed by atoms with Crippen LogP contribution in [0.3, 0.4) is 0 Å².